The molecule has 118 valence electrons. The third-order valence-corrected chi connectivity index (χ3v) is 4.16. The van der Waals surface area contributed by atoms with Crippen LogP contribution in [0.1, 0.15) is 19.8 Å². The van der Waals surface area contributed by atoms with Crippen molar-refractivity contribution in [3.8, 4) is 0 Å². The van der Waals surface area contributed by atoms with Gasteiger partial charge in [0.25, 0.3) is 0 Å². The first-order valence-electron chi connectivity index (χ1n) is 7.75. The van der Waals surface area contributed by atoms with Gasteiger partial charge in [0.1, 0.15) is 0 Å². The van der Waals surface area contributed by atoms with Crippen molar-refractivity contribution < 1.29 is 4.79 Å². The second kappa shape index (κ2) is 9.67. The predicted octanol–water partition coefficient (Wildman–Crippen LogP) is 0.0649. The molecule has 0 radical (unpaired) electrons. The Morgan fingerprint density at radius 2 is 1.55 bits per heavy atom. The molecule has 2 aliphatic heterocycles. The van der Waals surface area contributed by atoms with Crippen molar-refractivity contribution in [2.45, 2.75) is 25.8 Å². The molecular formula is C14H31N4OP. The summed E-state index contributed by atoms with van der Waals surface area (Å²) in [5.41, 5.74) is 5.86. The quantitative estimate of drug-likeness (QED) is 0.750. The first-order chi connectivity index (χ1) is 9.69. The number of nitrogens with two attached hydrogens (primary N) is 1. The normalized spacial score (nSPS) is 22.3. The average Bonchev–Trinajstić information content (AvgIpc) is 2.50. The van der Waals surface area contributed by atoms with Crippen molar-refractivity contribution in [3.05, 3.63) is 0 Å². The molecule has 0 bridgehead atoms. The third-order valence-electron chi connectivity index (χ3n) is 4.16. The zero-order chi connectivity index (χ0) is 15.0. The molecule has 2 N–H and O–H groups in total. The fourth-order valence-electron chi connectivity index (χ4n) is 2.70. The van der Waals surface area contributed by atoms with Crippen molar-refractivity contribution in [2.24, 2.45) is 5.73 Å². The second-order valence-corrected chi connectivity index (χ2v) is 5.43. The van der Waals surface area contributed by atoms with Crippen LogP contribution in [0.15, 0.2) is 0 Å². The molecule has 2 fully saturated rings. The molecule has 1 atom stereocenters. The Bertz CT molecular complexity index is 274. The van der Waals surface area contributed by atoms with E-state index in [0.29, 0.717) is 12.6 Å². The lowest BCUT2D eigenvalue weighted by atomic mass is 10.1. The number of hydrogen-bond donors (Lipinski definition) is 1. The Labute approximate surface area is 126 Å². The molecule has 0 aromatic carbocycles. The van der Waals surface area contributed by atoms with Crippen LogP contribution in [0.2, 0.25) is 0 Å². The van der Waals surface area contributed by atoms with Gasteiger partial charge in [0, 0.05) is 45.3 Å². The number of likely N-dealkylation sites (tertiary alicyclic amines) is 1. The first-order valence-corrected chi connectivity index (χ1v) is 8.90. The van der Waals surface area contributed by atoms with Gasteiger partial charge in [-0.3, -0.25) is 9.69 Å². The molecule has 1 unspecified atom stereocenters. The number of amides is 1. The van der Waals surface area contributed by atoms with E-state index >= 15 is 0 Å². The molecule has 0 aromatic heterocycles. The van der Waals surface area contributed by atoms with Crippen LogP contribution >= 0.6 is 9.24 Å². The van der Waals surface area contributed by atoms with Crippen molar-refractivity contribution in [1.82, 2.24) is 14.7 Å². The molecule has 0 saturated carbocycles. The van der Waals surface area contributed by atoms with Gasteiger partial charge in [-0.1, -0.05) is 13.6 Å². The Morgan fingerprint density at radius 1 is 1.05 bits per heavy atom. The lowest BCUT2D eigenvalue weighted by Crippen LogP contribution is -2.51. The number of carbonyl (C=O) groups is 1. The van der Waals surface area contributed by atoms with E-state index in [1.54, 1.807) is 0 Å². The Kier molecular flexibility index (Phi) is 8.62. The van der Waals surface area contributed by atoms with Crippen LogP contribution in [0.4, 0.5) is 0 Å². The molecule has 0 aliphatic carbocycles. The fraction of sp³-hybridized carbons (Fsp3) is 0.929. The standard InChI is InChI=1S/C13H26N4O.CH5P/c1-2-15-7-9-16(10-8-15)11-13(18)17-5-3-12(14)4-6-17;1-2/h12H,2-11,14H2,1H3;2H2,1H3. The van der Waals surface area contributed by atoms with E-state index < -0.39 is 0 Å². The Hall–Kier alpha value is -0.220. The molecule has 0 spiro atoms. The van der Waals surface area contributed by atoms with Gasteiger partial charge < -0.3 is 15.5 Å². The summed E-state index contributed by atoms with van der Waals surface area (Å²) in [4.78, 5) is 18.8. The summed E-state index contributed by atoms with van der Waals surface area (Å²) in [5, 5.41) is 0. The maximum atomic E-state index is 12.2. The highest BCUT2D eigenvalue weighted by molar-refractivity contribution is 7.15. The van der Waals surface area contributed by atoms with Crippen molar-refractivity contribution in [3.63, 3.8) is 0 Å². The molecular weight excluding hydrogens is 271 g/mol. The molecule has 20 heavy (non-hydrogen) atoms. The van der Waals surface area contributed by atoms with Crippen LogP contribution in [0, 0.1) is 0 Å². The molecule has 2 saturated heterocycles. The minimum atomic E-state index is 0.284. The van der Waals surface area contributed by atoms with E-state index in [-0.39, 0.29) is 5.91 Å². The van der Waals surface area contributed by atoms with Gasteiger partial charge in [0.2, 0.25) is 5.91 Å². The molecule has 2 aliphatic rings. The first kappa shape index (κ1) is 17.8. The number of hydrogen-bond acceptors (Lipinski definition) is 4. The van der Waals surface area contributed by atoms with E-state index in [1.807, 2.05) is 11.6 Å². The van der Waals surface area contributed by atoms with Crippen LogP contribution in [-0.4, -0.2) is 85.7 Å². The van der Waals surface area contributed by atoms with Gasteiger partial charge in [-0.2, -0.15) is 0 Å². The summed E-state index contributed by atoms with van der Waals surface area (Å²) in [6.45, 7) is 11.7. The summed E-state index contributed by atoms with van der Waals surface area (Å²) in [7, 11) is 2.42. The van der Waals surface area contributed by atoms with Gasteiger partial charge in [-0.05, 0) is 19.4 Å². The van der Waals surface area contributed by atoms with Crippen molar-refractivity contribution >= 4 is 15.1 Å². The van der Waals surface area contributed by atoms with E-state index in [2.05, 4.69) is 26.0 Å². The third kappa shape index (κ3) is 5.65. The average molecular weight is 302 g/mol. The smallest absolute Gasteiger partial charge is 0.236 e. The van der Waals surface area contributed by atoms with Crippen LogP contribution in [0.25, 0.3) is 0 Å². The van der Waals surface area contributed by atoms with Gasteiger partial charge in [0.05, 0.1) is 6.54 Å². The number of piperazine rings is 1. The lowest BCUT2D eigenvalue weighted by Gasteiger charge is -2.36. The zero-order valence-electron chi connectivity index (χ0n) is 13.1. The minimum absolute atomic E-state index is 0.284. The molecule has 0 aromatic rings. The SMILES string of the molecule is CCN1CCN(CC(=O)N2CCC(N)CC2)CC1.CP. The second-order valence-electron chi connectivity index (χ2n) is 5.43. The van der Waals surface area contributed by atoms with Crippen LogP contribution in [0.3, 0.4) is 0 Å². The van der Waals surface area contributed by atoms with Crippen molar-refractivity contribution in [1.29, 1.82) is 0 Å². The molecule has 6 heteroatoms. The highest BCUT2D eigenvalue weighted by atomic mass is 31.0. The van der Waals surface area contributed by atoms with E-state index in [9.17, 15) is 4.79 Å². The molecule has 2 heterocycles. The molecule has 5 nitrogen and oxygen atoms in total. The maximum Gasteiger partial charge on any atom is 0.236 e. The molecule has 2 rings (SSSR count). The fourth-order valence-corrected chi connectivity index (χ4v) is 2.70. The number of carbonyl (C=O) groups excluding carboxylic acids is 1. The Morgan fingerprint density at radius 3 is 2.05 bits per heavy atom. The van der Waals surface area contributed by atoms with E-state index in [4.69, 9.17) is 5.73 Å². The number of rotatable bonds is 3. The van der Waals surface area contributed by atoms with Crippen LogP contribution < -0.4 is 5.73 Å². The van der Waals surface area contributed by atoms with Crippen LogP contribution in [0.5, 0.6) is 0 Å². The highest BCUT2D eigenvalue weighted by Gasteiger charge is 2.23. The molecule has 1 amide bonds. The zero-order valence-corrected chi connectivity index (χ0v) is 14.2. The number of likely N-dealkylation sites (N-methyl/N-ethyl adjacent to an activating group) is 1. The summed E-state index contributed by atoms with van der Waals surface area (Å²) in [5.74, 6) is 0.284. The Balaban J connectivity index is 0.000000956. The van der Waals surface area contributed by atoms with Gasteiger partial charge in [-0.25, -0.2) is 0 Å². The van der Waals surface area contributed by atoms with Crippen LogP contribution in [-0.2, 0) is 4.79 Å². The summed E-state index contributed by atoms with van der Waals surface area (Å²) in [6.07, 6.45) is 1.91. The lowest BCUT2D eigenvalue weighted by molar-refractivity contribution is -0.133. The summed E-state index contributed by atoms with van der Waals surface area (Å²) in [6, 6.07) is 0.294. The monoisotopic (exact) mass is 302 g/mol. The van der Waals surface area contributed by atoms with E-state index in [1.165, 1.54) is 0 Å². The van der Waals surface area contributed by atoms with Crippen molar-refractivity contribution in [2.75, 3.05) is 59.0 Å². The maximum absolute atomic E-state index is 12.2. The minimum Gasteiger partial charge on any atom is -0.341 e. The van der Waals surface area contributed by atoms with Gasteiger partial charge in [-0.15, -0.1) is 9.24 Å². The predicted molar refractivity (Wildman–Crippen MR) is 88.0 cm³/mol. The number of nitrogens with zero attached hydrogens (tertiary/aromatic N) is 3. The topological polar surface area (TPSA) is 52.8 Å². The van der Waals surface area contributed by atoms with Gasteiger partial charge in [0.15, 0.2) is 0 Å². The summed E-state index contributed by atoms with van der Waals surface area (Å²) < 4.78 is 0. The largest absolute Gasteiger partial charge is 0.341 e. The van der Waals surface area contributed by atoms with E-state index in [0.717, 1.165) is 58.7 Å². The summed E-state index contributed by atoms with van der Waals surface area (Å²) >= 11 is 0. The van der Waals surface area contributed by atoms with Gasteiger partial charge >= 0.3 is 0 Å². The number of piperidine rings is 1. The highest BCUT2D eigenvalue weighted by Crippen LogP contribution is 2.09.